The zero-order valence-electron chi connectivity index (χ0n) is 11.5. The van der Waals surface area contributed by atoms with E-state index in [1.54, 1.807) is 23.5 Å². The number of benzene rings is 1. The van der Waals surface area contributed by atoms with Crippen molar-refractivity contribution < 1.29 is 8.42 Å². The summed E-state index contributed by atoms with van der Waals surface area (Å²) in [7, 11) is -3.54. The Morgan fingerprint density at radius 3 is 2.65 bits per heavy atom. The van der Waals surface area contributed by atoms with Gasteiger partial charge in [0.05, 0.1) is 4.90 Å². The number of rotatable bonds is 5. The summed E-state index contributed by atoms with van der Waals surface area (Å²) in [6, 6.07) is 6.98. The number of nitrogen functional groups attached to an aromatic ring is 1. The van der Waals surface area contributed by atoms with Gasteiger partial charge in [-0.1, -0.05) is 13.0 Å². The van der Waals surface area contributed by atoms with Crippen LogP contribution in [0.25, 0.3) is 0 Å². The van der Waals surface area contributed by atoms with Gasteiger partial charge in [-0.15, -0.1) is 11.3 Å². The van der Waals surface area contributed by atoms with Crippen LogP contribution in [0.15, 0.2) is 34.5 Å². The van der Waals surface area contributed by atoms with Gasteiger partial charge in [-0.3, -0.25) is 0 Å². The number of hydrogen-bond donors (Lipinski definition) is 2. The van der Waals surface area contributed by atoms with Crippen LogP contribution in [0.4, 0.5) is 5.69 Å². The first-order valence-corrected chi connectivity index (χ1v) is 8.71. The first-order chi connectivity index (χ1) is 9.44. The van der Waals surface area contributed by atoms with E-state index in [4.69, 9.17) is 5.73 Å². The van der Waals surface area contributed by atoms with Gasteiger partial charge in [0, 0.05) is 17.1 Å². The second-order valence-electron chi connectivity index (χ2n) is 4.57. The Labute approximate surface area is 123 Å². The third kappa shape index (κ3) is 3.20. The minimum absolute atomic E-state index is 0.272. The van der Waals surface area contributed by atoms with E-state index in [1.807, 2.05) is 25.3 Å². The van der Waals surface area contributed by atoms with Crippen LogP contribution in [0.5, 0.6) is 0 Å². The van der Waals surface area contributed by atoms with Gasteiger partial charge in [0.25, 0.3) is 0 Å². The molecule has 1 aromatic heterocycles. The third-order valence-corrected chi connectivity index (χ3v) is 5.66. The Hall–Kier alpha value is -1.37. The van der Waals surface area contributed by atoms with Crippen LogP contribution >= 0.6 is 11.3 Å². The summed E-state index contributed by atoms with van der Waals surface area (Å²) in [4.78, 5) is 1.30. The maximum atomic E-state index is 12.4. The zero-order chi connectivity index (χ0) is 14.8. The van der Waals surface area contributed by atoms with Crippen LogP contribution < -0.4 is 10.5 Å². The summed E-state index contributed by atoms with van der Waals surface area (Å²) < 4.78 is 27.5. The number of nitrogens with two attached hydrogens (primary N) is 1. The van der Waals surface area contributed by atoms with Crippen molar-refractivity contribution in [1.29, 1.82) is 0 Å². The fourth-order valence-corrected chi connectivity index (χ4v) is 4.21. The standard InChI is InChI=1S/C14H18N2O2S2/c1-3-11-4-5-12(15)8-14(11)20(17,18)16-9-13-10(2)6-7-19-13/h4-8,16H,3,9,15H2,1-2H3. The maximum absolute atomic E-state index is 12.4. The van der Waals surface area contributed by atoms with Crippen molar-refractivity contribution in [2.24, 2.45) is 0 Å². The fraction of sp³-hybridized carbons (Fsp3) is 0.286. The molecule has 108 valence electrons. The van der Waals surface area contributed by atoms with Gasteiger partial charge >= 0.3 is 0 Å². The second kappa shape index (κ2) is 5.95. The van der Waals surface area contributed by atoms with Crippen molar-refractivity contribution in [3.05, 3.63) is 45.6 Å². The Morgan fingerprint density at radius 1 is 1.30 bits per heavy atom. The third-order valence-electron chi connectivity index (χ3n) is 3.15. The fourth-order valence-electron chi connectivity index (χ4n) is 1.94. The molecule has 0 aliphatic heterocycles. The lowest BCUT2D eigenvalue weighted by atomic mass is 10.1. The summed E-state index contributed by atoms with van der Waals surface area (Å²) in [5, 5.41) is 1.96. The average molecular weight is 310 g/mol. The minimum atomic E-state index is -3.54. The summed E-state index contributed by atoms with van der Waals surface area (Å²) in [5.74, 6) is 0. The molecule has 0 unspecified atom stereocenters. The molecule has 0 aliphatic rings. The van der Waals surface area contributed by atoms with Gasteiger partial charge in [-0.25, -0.2) is 13.1 Å². The van der Waals surface area contributed by atoms with Gasteiger partial charge in [0.2, 0.25) is 10.0 Å². The molecule has 0 fully saturated rings. The van der Waals surface area contributed by atoms with Crippen LogP contribution in [-0.2, 0) is 23.0 Å². The molecule has 0 amide bonds. The molecule has 0 saturated heterocycles. The van der Waals surface area contributed by atoms with E-state index in [0.717, 1.165) is 16.0 Å². The molecule has 0 radical (unpaired) electrons. The highest BCUT2D eigenvalue weighted by molar-refractivity contribution is 7.89. The normalized spacial score (nSPS) is 11.7. The van der Waals surface area contributed by atoms with Crippen LogP contribution in [0.2, 0.25) is 0 Å². The predicted octanol–water partition coefficient (Wildman–Crippen LogP) is 2.68. The van der Waals surface area contributed by atoms with Crippen LogP contribution in [0.1, 0.15) is 22.9 Å². The molecule has 4 nitrogen and oxygen atoms in total. The zero-order valence-corrected chi connectivity index (χ0v) is 13.1. The summed E-state index contributed by atoms with van der Waals surface area (Å²) in [6.45, 7) is 4.20. The van der Waals surface area contributed by atoms with Gasteiger partial charge in [0.1, 0.15) is 0 Å². The summed E-state index contributed by atoms with van der Waals surface area (Å²) >= 11 is 1.55. The molecule has 2 aromatic rings. The van der Waals surface area contributed by atoms with Crippen LogP contribution in [0, 0.1) is 6.92 Å². The first kappa shape index (κ1) is 15.0. The summed E-state index contributed by atoms with van der Waals surface area (Å²) in [6.07, 6.45) is 0.647. The molecule has 2 rings (SSSR count). The van der Waals surface area contributed by atoms with E-state index in [9.17, 15) is 8.42 Å². The highest BCUT2D eigenvalue weighted by atomic mass is 32.2. The molecule has 0 bridgehead atoms. The van der Waals surface area contributed by atoms with Crippen molar-refractivity contribution in [2.75, 3.05) is 5.73 Å². The molecule has 0 aliphatic carbocycles. The van der Waals surface area contributed by atoms with E-state index in [0.29, 0.717) is 18.7 Å². The topological polar surface area (TPSA) is 72.2 Å². The Balaban J connectivity index is 2.26. The predicted molar refractivity (Wildman–Crippen MR) is 83.3 cm³/mol. The Morgan fingerprint density at radius 2 is 2.05 bits per heavy atom. The highest BCUT2D eigenvalue weighted by Gasteiger charge is 2.18. The lowest BCUT2D eigenvalue weighted by Gasteiger charge is -2.11. The summed E-state index contributed by atoms with van der Waals surface area (Å²) in [5.41, 5.74) is 8.03. The molecule has 20 heavy (non-hydrogen) atoms. The van der Waals surface area contributed by atoms with Crippen molar-refractivity contribution in [1.82, 2.24) is 4.72 Å². The van der Waals surface area contributed by atoms with Crippen LogP contribution in [0.3, 0.4) is 0 Å². The number of aryl methyl sites for hydroxylation is 2. The molecule has 1 aromatic carbocycles. The quantitative estimate of drug-likeness (QED) is 0.834. The van der Waals surface area contributed by atoms with Crippen LogP contribution in [-0.4, -0.2) is 8.42 Å². The van der Waals surface area contributed by atoms with E-state index < -0.39 is 10.0 Å². The lowest BCUT2D eigenvalue weighted by Crippen LogP contribution is -2.24. The maximum Gasteiger partial charge on any atom is 0.241 e. The van der Waals surface area contributed by atoms with Gasteiger partial charge < -0.3 is 5.73 Å². The molecular weight excluding hydrogens is 292 g/mol. The Bertz CT molecular complexity index is 706. The van der Waals surface area contributed by atoms with E-state index in [2.05, 4.69) is 4.72 Å². The molecule has 6 heteroatoms. The molecule has 3 N–H and O–H groups in total. The monoisotopic (exact) mass is 310 g/mol. The van der Waals surface area contributed by atoms with E-state index in [-0.39, 0.29) is 4.90 Å². The number of anilines is 1. The van der Waals surface area contributed by atoms with Crippen molar-refractivity contribution >= 4 is 27.0 Å². The molecule has 0 saturated carbocycles. The number of hydrogen-bond acceptors (Lipinski definition) is 4. The molecule has 0 atom stereocenters. The van der Waals surface area contributed by atoms with Gasteiger partial charge in [0.15, 0.2) is 0 Å². The smallest absolute Gasteiger partial charge is 0.241 e. The van der Waals surface area contributed by atoms with Crippen molar-refractivity contribution in [3.63, 3.8) is 0 Å². The van der Waals surface area contributed by atoms with Crippen molar-refractivity contribution in [2.45, 2.75) is 31.7 Å². The molecule has 1 heterocycles. The number of thiophene rings is 1. The highest BCUT2D eigenvalue weighted by Crippen LogP contribution is 2.21. The second-order valence-corrected chi connectivity index (χ2v) is 7.31. The largest absolute Gasteiger partial charge is 0.399 e. The van der Waals surface area contributed by atoms with E-state index in [1.165, 1.54) is 6.07 Å². The molecular formula is C14H18N2O2S2. The molecule has 0 spiro atoms. The minimum Gasteiger partial charge on any atom is -0.399 e. The van der Waals surface area contributed by atoms with E-state index >= 15 is 0 Å². The van der Waals surface area contributed by atoms with Gasteiger partial charge in [-0.05, 0) is 48.1 Å². The Kier molecular flexibility index (Phi) is 4.47. The van der Waals surface area contributed by atoms with Gasteiger partial charge in [-0.2, -0.15) is 0 Å². The average Bonchev–Trinajstić information content (AvgIpc) is 2.82. The number of sulfonamides is 1. The van der Waals surface area contributed by atoms with Crippen molar-refractivity contribution in [3.8, 4) is 0 Å². The lowest BCUT2D eigenvalue weighted by molar-refractivity contribution is 0.580. The number of nitrogens with one attached hydrogen (secondary N) is 1. The SMILES string of the molecule is CCc1ccc(N)cc1S(=O)(=O)NCc1sccc1C. The first-order valence-electron chi connectivity index (χ1n) is 6.35.